The largest absolute Gasteiger partial charge is 0.355 e. The summed E-state index contributed by atoms with van der Waals surface area (Å²) in [4.78, 5) is 14.3. The lowest BCUT2D eigenvalue weighted by Crippen LogP contribution is -2.48. The highest BCUT2D eigenvalue weighted by atomic mass is 79.9. The van der Waals surface area contributed by atoms with Crippen molar-refractivity contribution in [3.8, 4) is 0 Å². The summed E-state index contributed by atoms with van der Waals surface area (Å²) in [6, 6.07) is 12.2. The summed E-state index contributed by atoms with van der Waals surface area (Å²) in [5.41, 5.74) is 3.38. The monoisotopic (exact) mass is 463 g/mol. The quantitative estimate of drug-likeness (QED) is 0.682. The van der Waals surface area contributed by atoms with E-state index in [0.29, 0.717) is 6.54 Å². The van der Waals surface area contributed by atoms with Crippen LogP contribution in [0, 0.1) is 0 Å². The van der Waals surface area contributed by atoms with E-state index >= 15 is 0 Å². The van der Waals surface area contributed by atoms with Crippen LogP contribution in [0.3, 0.4) is 0 Å². The SMILES string of the molecule is O=C1NCCCC1N1Cc2ccc(CNCC(F)(F)c3ccc(Br)cc3)cc2C1. The predicted molar refractivity (Wildman–Crippen MR) is 111 cm³/mol. The van der Waals surface area contributed by atoms with Crippen molar-refractivity contribution in [2.45, 2.75) is 44.4 Å². The van der Waals surface area contributed by atoms with Crippen LogP contribution in [0.25, 0.3) is 0 Å². The second-order valence-electron chi connectivity index (χ2n) is 7.77. The minimum Gasteiger partial charge on any atom is -0.355 e. The van der Waals surface area contributed by atoms with Gasteiger partial charge in [-0.1, -0.05) is 46.3 Å². The third-order valence-corrected chi connectivity index (χ3v) is 6.19. The number of piperidine rings is 1. The van der Waals surface area contributed by atoms with Crippen LogP contribution in [0.1, 0.15) is 35.1 Å². The van der Waals surface area contributed by atoms with Gasteiger partial charge in [-0.05, 0) is 41.7 Å². The maximum absolute atomic E-state index is 14.4. The van der Waals surface area contributed by atoms with E-state index in [1.807, 2.05) is 6.07 Å². The highest BCUT2D eigenvalue weighted by Gasteiger charge is 2.33. The standard InChI is InChI=1S/C22H24BrF2N3O/c23-19-7-5-18(6-8-19)22(24,25)14-26-11-15-3-4-16-12-28(13-17(16)10-15)20-2-1-9-27-21(20)29/h3-8,10,20,26H,1-2,9,11-14H2,(H,27,29). The third kappa shape index (κ3) is 4.68. The Morgan fingerprint density at radius 2 is 1.90 bits per heavy atom. The molecule has 2 N–H and O–H groups in total. The summed E-state index contributed by atoms with van der Waals surface area (Å²) in [6.07, 6.45) is 1.89. The Morgan fingerprint density at radius 3 is 2.66 bits per heavy atom. The van der Waals surface area contributed by atoms with Crippen LogP contribution in [-0.4, -0.2) is 29.9 Å². The van der Waals surface area contributed by atoms with Crippen molar-refractivity contribution in [2.75, 3.05) is 13.1 Å². The summed E-state index contributed by atoms with van der Waals surface area (Å²) < 4.78 is 29.5. The van der Waals surface area contributed by atoms with Gasteiger partial charge in [-0.3, -0.25) is 9.69 Å². The molecule has 29 heavy (non-hydrogen) atoms. The molecule has 4 rings (SSSR count). The van der Waals surface area contributed by atoms with Gasteiger partial charge in [0.1, 0.15) is 0 Å². The Kier molecular flexibility index (Phi) is 5.99. The lowest BCUT2D eigenvalue weighted by molar-refractivity contribution is -0.128. The molecule has 2 aromatic rings. The van der Waals surface area contributed by atoms with Crippen molar-refractivity contribution in [1.82, 2.24) is 15.5 Å². The van der Waals surface area contributed by atoms with Gasteiger partial charge in [0, 0.05) is 36.2 Å². The fraction of sp³-hybridized carbons (Fsp3) is 0.409. The highest BCUT2D eigenvalue weighted by Crippen LogP contribution is 2.29. The molecule has 0 spiro atoms. The third-order valence-electron chi connectivity index (χ3n) is 5.66. The van der Waals surface area contributed by atoms with Crippen LogP contribution >= 0.6 is 15.9 Å². The van der Waals surface area contributed by atoms with E-state index in [9.17, 15) is 13.6 Å². The number of alkyl halides is 2. The molecule has 0 aromatic heterocycles. The van der Waals surface area contributed by atoms with Crippen LogP contribution in [0.15, 0.2) is 46.9 Å². The molecular weight excluding hydrogens is 440 g/mol. The number of carbonyl (C=O) groups excluding carboxylic acids is 1. The zero-order valence-corrected chi connectivity index (χ0v) is 17.6. The number of carbonyl (C=O) groups is 1. The summed E-state index contributed by atoms with van der Waals surface area (Å²) in [7, 11) is 0. The van der Waals surface area contributed by atoms with Crippen LogP contribution in [0.2, 0.25) is 0 Å². The number of hydrogen-bond acceptors (Lipinski definition) is 3. The molecule has 2 aliphatic heterocycles. The number of nitrogens with one attached hydrogen (secondary N) is 2. The molecule has 2 aromatic carbocycles. The molecule has 2 aliphatic rings. The first kappa shape index (κ1) is 20.4. The summed E-state index contributed by atoms with van der Waals surface area (Å²) in [5, 5.41) is 5.83. The second kappa shape index (κ2) is 8.50. The molecule has 7 heteroatoms. The van der Waals surface area contributed by atoms with Crippen LogP contribution < -0.4 is 10.6 Å². The summed E-state index contributed by atoms with van der Waals surface area (Å²) in [5.74, 6) is -2.82. The van der Waals surface area contributed by atoms with E-state index in [1.165, 1.54) is 23.3 Å². The molecule has 154 valence electrons. The van der Waals surface area contributed by atoms with Crippen LogP contribution in [0.5, 0.6) is 0 Å². The minimum atomic E-state index is -2.93. The Morgan fingerprint density at radius 1 is 1.14 bits per heavy atom. The second-order valence-corrected chi connectivity index (χ2v) is 8.69. The first-order valence-corrected chi connectivity index (χ1v) is 10.7. The van der Waals surface area contributed by atoms with E-state index < -0.39 is 12.5 Å². The molecule has 0 bridgehead atoms. The molecule has 2 heterocycles. The normalized spacial score (nSPS) is 19.8. The number of hydrogen-bond donors (Lipinski definition) is 2. The first-order valence-electron chi connectivity index (χ1n) is 9.89. The Bertz CT molecular complexity index is 888. The number of rotatable bonds is 6. The van der Waals surface area contributed by atoms with Crippen molar-refractivity contribution in [3.05, 3.63) is 69.2 Å². The topological polar surface area (TPSA) is 44.4 Å². The molecule has 1 unspecified atom stereocenters. The lowest BCUT2D eigenvalue weighted by Gasteiger charge is -2.29. The number of halogens is 3. The maximum Gasteiger partial charge on any atom is 0.285 e. The molecule has 1 atom stereocenters. The number of benzene rings is 2. The smallest absolute Gasteiger partial charge is 0.285 e. The van der Waals surface area contributed by atoms with Gasteiger partial charge < -0.3 is 10.6 Å². The van der Waals surface area contributed by atoms with E-state index in [0.717, 1.165) is 42.5 Å². The first-order chi connectivity index (χ1) is 13.9. The Labute approximate surface area is 177 Å². The van der Waals surface area contributed by atoms with Gasteiger partial charge in [0.25, 0.3) is 5.92 Å². The summed E-state index contributed by atoms with van der Waals surface area (Å²) in [6.45, 7) is 2.22. The van der Waals surface area contributed by atoms with E-state index in [1.54, 1.807) is 12.1 Å². The lowest BCUT2D eigenvalue weighted by atomic mass is 10.1. The van der Waals surface area contributed by atoms with Crippen molar-refractivity contribution < 1.29 is 13.6 Å². The zero-order chi connectivity index (χ0) is 20.4. The average Bonchev–Trinajstić information content (AvgIpc) is 3.11. The fourth-order valence-corrected chi connectivity index (χ4v) is 4.33. The molecule has 0 saturated carbocycles. The summed E-state index contributed by atoms with van der Waals surface area (Å²) >= 11 is 3.27. The van der Waals surface area contributed by atoms with Crippen LogP contribution in [-0.2, 0) is 30.4 Å². The van der Waals surface area contributed by atoms with E-state index in [-0.39, 0.29) is 17.5 Å². The Hall–Kier alpha value is -1.83. The van der Waals surface area contributed by atoms with Gasteiger partial charge in [0.05, 0.1) is 12.6 Å². The number of amides is 1. The van der Waals surface area contributed by atoms with Gasteiger partial charge in [-0.2, -0.15) is 8.78 Å². The Balaban J connectivity index is 1.34. The van der Waals surface area contributed by atoms with Crippen molar-refractivity contribution in [2.24, 2.45) is 0 Å². The van der Waals surface area contributed by atoms with Crippen LogP contribution in [0.4, 0.5) is 8.78 Å². The predicted octanol–water partition coefficient (Wildman–Crippen LogP) is 3.92. The molecular formula is C22H24BrF2N3O. The molecule has 0 radical (unpaired) electrons. The minimum absolute atomic E-state index is 0.00329. The molecule has 1 amide bonds. The molecule has 4 nitrogen and oxygen atoms in total. The van der Waals surface area contributed by atoms with Crippen molar-refractivity contribution >= 4 is 21.8 Å². The molecule has 1 saturated heterocycles. The number of fused-ring (bicyclic) bond motifs is 1. The fourth-order valence-electron chi connectivity index (χ4n) is 4.07. The highest BCUT2D eigenvalue weighted by molar-refractivity contribution is 9.10. The van der Waals surface area contributed by atoms with Gasteiger partial charge in [0.2, 0.25) is 5.91 Å². The van der Waals surface area contributed by atoms with E-state index in [2.05, 4.69) is 43.6 Å². The van der Waals surface area contributed by atoms with Crippen molar-refractivity contribution in [1.29, 1.82) is 0 Å². The van der Waals surface area contributed by atoms with E-state index in [4.69, 9.17) is 0 Å². The molecule has 0 aliphatic carbocycles. The zero-order valence-electron chi connectivity index (χ0n) is 16.1. The van der Waals surface area contributed by atoms with Gasteiger partial charge in [-0.25, -0.2) is 0 Å². The van der Waals surface area contributed by atoms with Crippen molar-refractivity contribution in [3.63, 3.8) is 0 Å². The number of nitrogens with zero attached hydrogens (tertiary/aromatic N) is 1. The van der Waals surface area contributed by atoms with Gasteiger partial charge in [-0.15, -0.1) is 0 Å². The molecule has 1 fully saturated rings. The van der Waals surface area contributed by atoms with Gasteiger partial charge in [0.15, 0.2) is 0 Å². The average molecular weight is 464 g/mol. The van der Waals surface area contributed by atoms with Gasteiger partial charge >= 0.3 is 0 Å². The maximum atomic E-state index is 14.4.